The first-order valence-electron chi connectivity index (χ1n) is 5.90. The Morgan fingerprint density at radius 1 is 1.50 bits per heavy atom. The first kappa shape index (κ1) is 14.7. The molecule has 0 aromatic heterocycles. The van der Waals surface area contributed by atoms with Gasteiger partial charge in [-0.2, -0.15) is 0 Å². The number of nitrogens with one attached hydrogen (secondary N) is 1. The molecule has 7 nitrogen and oxygen atoms in total. The fourth-order valence-corrected chi connectivity index (χ4v) is 1.75. The molecule has 2 amide bonds. The van der Waals surface area contributed by atoms with E-state index in [0.29, 0.717) is 19.5 Å². The zero-order chi connectivity index (χ0) is 13.9. The van der Waals surface area contributed by atoms with Gasteiger partial charge < -0.3 is 25.5 Å². The highest BCUT2D eigenvalue weighted by molar-refractivity contribution is 5.79. The molecule has 1 fully saturated rings. The molecule has 0 spiro atoms. The van der Waals surface area contributed by atoms with Crippen LogP contribution in [0.15, 0.2) is 0 Å². The highest BCUT2D eigenvalue weighted by Crippen LogP contribution is 2.16. The Kier molecular flexibility index (Phi) is 4.53. The van der Waals surface area contributed by atoms with Gasteiger partial charge in [-0.3, -0.25) is 0 Å². The van der Waals surface area contributed by atoms with Crippen LogP contribution in [-0.2, 0) is 4.79 Å². The lowest BCUT2D eigenvalue weighted by Crippen LogP contribution is -2.53. The first-order valence-corrected chi connectivity index (χ1v) is 5.90. The van der Waals surface area contributed by atoms with Gasteiger partial charge in [-0.25, -0.2) is 9.59 Å². The van der Waals surface area contributed by atoms with Gasteiger partial charge in [-0.15, -0.1) is 0 Å². The van der Waals surface area contributed by atoms with Crippen molar-refractivity contribution in [1.29, 1.82) is 0 Å². The fourth-order valence-electron chi connectivity index (χ4n) is 1.75. The first-order chi connectivity index (χ1) is 8.24. The van der Waals surface area contributed by atoms with E-state index in [9.17, 15) is 19.8 Å². The average Bonchev–Trinajstić information content (AvgIpc) is 2.29. The van der Waals surface area contributed by atoms with Crippen LogP contribution in [0.2, 0.25) is 0 Å². The predicted molar refractivity (Wildman–Crippen MR) is 63.0 cm³/mol. The van der Waals surface area contributed by atoms with Crippen LogP contribution in [0.4, 0.5) is 4.79 Å². The lowest BCUT2D eigenvalue weighted by atomic mass is 9.97. The normalized spacial score (nSPS) is 27.4. The maximum absolute atomic E-state index is 11.7. The molecule has 0 aliphatic carbocycles. The Bertz CT molecular complexity index is 331. The standard InChI is InChI=1S/C11H20N2O5/c1-7-5-13(4-3-8(7)14)10(17)12-6-11(2,18)9(15)16/h7-8,14,18H,3-6H2,1-2H3,(H,12,17)(H,15,16). The molecule has 4 N–H and O–H groups in total. The summed E-state index contributed by atoms with van der Waals surface area (Å²) in [5.41, 5.74) is -1.98. The Morgan fingerprint density at radius 3 is 2.61 bits per heavy atom. The largest absolute Gasteiger partial charge is 0.479 e. The number of carbonyl (C=O) groups excluding carboxylic acids is 1. The van der Waals surface area contributed by atoms with E-state index in [1.54, 1.807) is 0 Å². The summed E-state index contributed by atoms with van der Waals surface area (Å²) in [6, 6.07) is -0.421. The minimum atomic E-state index is -1.98. The number of aliphatic hydroxyl groups is 2. The quantitative estimate of drug-likeness (QED) is 0.533. The molecule has 18 heavy (non-hydrogen) atoms. The second-order valence-electron chi connectivity index (χ2n) is 5.02. The van der Waals surface area contributed by atoms with Crippen LogP contribution in [0.1, 0.15) is 20.3 Å². The van der Waals surface area contributed by atoms with Crippen molar-refractivity contribution in [3.05, 3.63) is 0 Å². The Labute approximate surface area is 105 Å². The van der Waals surface area contributed by atoms with Crippen molar-refractivity contribution in [3.8, 4) is 0 Å². The number of carbonyl (C=O) groups is 2. The number of rotatable bonds is 3. The van der Waals surface area contributed by atoms with Crippen LogP contribution in [-0.4, -0.2) is 63.6 Å². The van der Waals surface area contributed by atoms with Crippen LogP contribution < -0.4 is 5.32 Å². The maximum atomic E-state index is 11.7. The molecule has 1 aliphatic rings. The summed E-state index contributed by atoms with van der Waals surface area (Å²) < 4.78 is 0. The topological polar surface area (TPSA) is 110 Å². The van der Waals surface area contributed by atoms with E-state index in [1.165, 1.54) is 4.90 Å². The van der Waals surface area contributed by atoms with Crippen molar-refractivity contribution in [3.63, 3.8) is 0 Å². The summed E-state index contributed by atoms with van der Waals surface area (Å²) >= 11 is 0. The van der Waals surface area contributed by atoms with E-state index < -0.39 is 23.7 Å². The smallest absolute Gasteiger partial charge is 0.337 e. The van der Waals surface area contributed by atoms with Gasteiger partial charge >= 0.3 is 12.0 Å². The molecule has 0 aromatic carbocycles. The number of nitrogens with zero attached hydrogens (tertiary/aromatic N) is 1. The minimum absolute atomic E-state index is 0.00974. The highest BCUT2D eigenvalue weighted by atomic mass is 16.4. The molecule has 1 heterocycles. The van der Waals surface area contributed by atoms with Gasteiger partial charge in [0.2, 0.25) is 0 Å². The summed E-state index contributed by atoms with van der Waals surface area (Å²) in [7, 11) is 0. The molecular formula is C11H20N2O5. The third-order valence-electron chi connectivity index (χ3n) is 3.19. The van der Waals surface area contributed by atoms with Crippen LogP contribution in [0.25, 0.3) is 0 Å². The number of amides is 2. The van der Waals surface area contributed by atoms with E-state index in [2.05, 4.69) is 5.32 Å². The average molecular weight is 260 g/mol. The molecule has 3 unspecified atom stereocenters. The fraction of sp³-hybridized carbons (Fsp3) is 0.818. The third kappa shape index (κ3) is 3.58. The molecule has 0 aromatic rings. The van der Waals surface area contributed by atoms with Crippen molar-refractivity contribution >= 4 is 12.0 Å². The van der Waals surface area contributed by atoms with Crippen molar-refractivity contribution in [1.82, 2.24) is 10.2 Å². The molecule has 3 atom stereocenters. The van der Waals surface area contributed by atoms with Crippen molar-refractivity contribution < 1.29 is 24.9 Å². The summed E-state index contributed by atoms with van der Waals surface area (Å²) in [6.45, 7) is 3.46. The zero-order valence-electron chi connectivity index (χ0n) is 10.6. The molecule has 7 heteroatoms. The van der Waals surface area contributed by atoms with Crippen molar-refractivity contribution in [2.45, 2.75) is 32.0 Å². The molecule has 104 valence electrons. The van der Waals surface area contributed by atoms with E-state index in [0.717, 1.165) is 6.92 Å². The second kappa shape index (κ2) is 5.53. The van der Waals surface area contributed by atoms with Crippen LogP contribution in [0, 0.1) is 5.92 Å². The highest BCUT2D eigenvalue weighted by Gasteiger charge is 2.32. The van der Waals surface area contributed by atoms with Crippen LogP contribution in [0.3, 0.4) is 0 Å². The van der Waals surface area contributed by atoms with Gasteiger partial charge in [0, 0.05) is 13.1 Å². The third-order valence-corrected chi connectivity index (χ3v) is 3.19. The van der Waals surface area contributed by atoms with Crippen LogP contribution >= 0.6 is 0 Å². The van der Waals surface area contributed by atoms with E-state index in [1.807, 2.05) is 6.92 Å². The summed E-state index contributed by atoms with van der Waals surface area (Å²) in [6.07, 6.45) is 0.0976. The molecule has 0 saturated carbocycles. The lowest BCUT2D eigenvalue weighted by molar-refractivity contribution is -0.155. The Hall–Kier alpha value is -1.34. The van der Waals surface area contributed by atoms with Gasteiger partial charge in [0.05, 0.1) is 12.6 Å². The number of hydrogen-bond donors (Lipinski definition) is 4. The van der Waals surface area contributed by atoms with Gasteiger partial charge in [-0.05, 0) is 19.3 Å². The van der Waals surface area contributed by atoms with Crippen LogP contribution in [0.5, 0.6) is 0 Å². The van der Waals surface area contributed by atoms with E-state index in [4.69, 9.17) is 5.11 Å². The number of aliphatic carboxylic acids is 1. The molecule has 1 saturated heterocycles. The number of piperidine rings is 1. The van der Waals surface area contributed by atoms with Crippen molar-refractivity contribution in [2.24, 2.45) is 5.92 Å². The molecular weight excluding hydrogens is 240 g/mol. The number of carboxylic acids is 1. The number of aliphatic hydroxyl groups excluding tert-OH is 1. The predicted octanol–water partition coefficient (Wildman–Crippen LogP) is -0.766. The van der Waals surface area contributed by atoms with Gasteiger partial charge in [-0.1, -0.05) is 6.92 Å². The van der Waals surface area contributed by atoms with Gasteiger partial charge in [0.15, 0.2) is 5.60 Å². The monoisotopic (exact) mass is 260 g/mol. The zero-order valence-corrected chi connectivity index (χ0v) is 10.6. The summed E-state index contributed by atoms with van der Waals surface area (Å²) in [4.78, 5) is 23.9. The molecule has 0 radical (unpaired) electrons. The number of urea groups is 1. The molecule has 1 rings (SSSR count). The minimum Gasteiger partial charge on any atom is -0.479 e. The summed E-state index contributed by atoms with van der Waals surface area (Å²) in [5.74, 6) is -1.39. The van der Waals surface area contributed by atoms with Gasteiger partial charge in [0.25, 0.3) is 0 Å². The summed E-state index contributed by atoms with van der Waals surface area (Å²) in [5, 5.41) is 30.1. The number of carboxylic acid groups (broad SMARTS) is 1. The lowest BCUT2D eigenvalue weighted by Gasteiger charge is -2.34. The Morgan fingerprint density at radius 2 is 2.11 bits per heavy atom. The van der Waals surface area contributed by atoms with E-state index >= 15 is 0 Å². The maximum Gasteiger partial charge on any atom is 0.337 e. The second-order valence-corrected chi connectivity index (χ2v) is 5.02. The van der Waals surface area contributed by atoms with Crippen molar-refractivity contribution in [2.75, 3.05) is 19.6 Å². The Balaban J connectivity index is 2.45. The molecule has 1 aliphatic heterocycles. The number of hydrogen-bond acceptors (Lipinski definition) is 4. The van der Waals surface area contributed by atoms with E-state index in [-0.39, 0.29) is 12.5 Å². The molecule has 0 bridgehead atoms. The SMILES string of the molecule is CC1CN(C(=O)NCC(C)(O)C(=O)O)CCC1O. The number of likely N-dealkylation sites (tertiary alicyclic amines) is 1. The van der Waals surface area contributed by atoms with Gasteiger partial charge in [0.1, 0.15) is 0 Å².